The van der Waals surface area contributed by atoms with Crippen LogP contribution in [-0.2, 0) is 4.79 Å². The molecule has 0 atom stereocenters. The van der Waals surface area contributed by atoms with Crippen LogP contribution in [-0.4, -0.2) is 50.6 Å². The van der Waals surface area contributed by atoms with Gasteiger partial charge in [0.05, 0.1) is 11.4 Å². The molecule has 1 aromatic carbocycles. The second-order valence-corrected chi connectivity index (χ2v) is 6.70. The van der Waals surface area contributed by atoms with Crippen molar-refractivity contribution in [3.05, 3.63) is 29.8 Å². The van der Waals surface area contributed by atoms with E-state index in [9.17, 15) is 22.8 Å². The molecule has 2 N–H and O–H groups in total. The van der Waals surface area contributed by atoms with Gasteiger partial charge in [0.1, 0.15) is 6.54 Å². The number of thioether (sulfide) groups is 1. The van der Waals surface area contributed by atoms with Crippen molar-refractivity contribution in [1.29, 1.82) is 0 Å². The number of halogens is 3. The fourth-order valence-electron chi connectivity index (χ4n) is 1.95. The van der Waals surface area contributed by atoms with Gasteiger partial charge < -0.3 is 5.32 Å². The summed E-state index contributed by atoms with van der Waals surface area (Å²) in [6.45, 7) is 2.61. The van der Waals surface area contributed by atoms with Gasteiger partial charge in [0.25, 0.3) is 0 Å². The van der Waals surface area contributed by atoms with E-state index in [1.54, 1.807) is 10.6 Å². The number of hydrogen-bond acceptors (Lipinski definition) is 6. The number of tetrazole rings is 1. The quantitative estimate of drug-likeness (QED) is 0.719. The number of aromatic nitrogens is 4. The van der Waals surface area contributed by atoms with Crippen molar-refractivity contribution in [1.82, 2.24) is 30.8 Å². The van der Waals surface area contributed by atoms with Gasteiger partial charge in [-0.2, -0.15) is 17.9 Å². The molecular formula is C15H17F3N6O2S. The number of alkyl halides is 3. The molecule has 2 rings (SSSR count). The summed E-state index contributed by atoms with van der Waals surface area (Å²) < 4.78 is 37.4. The third-order valence-electron chi connectivity index (χ3n) is 3.28. The van der Waals surface area contributed by atoms with E-state index in [-0.39, 0.29) is 5.75 Å². The SMILES string of the molecule is CC(C)c1ccc(-n2nnnc2SCC(=O)NC(=O)NCC(F)(F)F)cc1. The van der Waals surface area contributed by atoms with E-state index in [4.69, 9.17) is 0 Å². The molecule has 0 aliphatic rings. The average molecular weight is 402 g/mol. The molecule has 146 valence electrons. The molecule has 3 amide bonds. The largest absolute Gasteiger partial charge is 0.405 e. The number of nitrogens with one attached hydrogen (secondary N) is 2. The number of hydrogen-bond donors (Lipinski definition) is 2. The molecule has 1 aromatic heterocycles. The lowest BCUT2D eigenvalue weighted by atomic mass is 10.0. The van der Waals surface area contributed by atoms with Gasteiger partial charge in [-0.1, -0.05) is 37.7 Å². The van der Waals surface area contributed by atoms with E-state index in [2.05, 4.69) is 29.4 Å². The zero-order chi connectivity index (χ0) is 20.0. The first-order chi connectivity index (χ1) is 12.7. The summed E-state index contributed by atoms with van der Waals surface area (Å²) in [7, 11) is 0. The van der Waals surface area contributed by atoms with Crippen molar-refractivity contribution in [3.63, 3.8) is 0 Å². The Bertz CT molecular complexity index is 792. The number of imide groups is 1. The van der Waals surface area contributed by atoms with Crippen LogP contribution in [0, 0.1) is 0 Å². The van der Waals surface area contributed by atoms with Crippen molar-refractivity contribution in [2.75, 3.05) is 12.3 Å². The highest BCUT2D eigenvalue weighted by atomic mass is 32.2. The van der Waals surface area contributed by atoms with Crippen LogP contribution in [0.1, 0.15) is 25.3 Å². The summed E-state index contributed by atoms with van der Waals surface area (Å²) in [5, 5.41) is 14.9. The van der Waals surface area contributed by atoms with E-state index in [0.29, 0.717) is 16.8 Å². The van der Waals surface area contributed by atoms with Crippen LogP contribution in [0.3, 0.4) is 0 Å². The first-order valence-electron chi connectivity index (χ1n) is 7.81. The summed E-state index contributed by atoms with van der Waals surface area (Å²) in [4.78, 5) is 22.9. The fraction of sp³-hybridized carbons (Fsp3) is 0.400. The minimum Gasteiger partial charge on any atom is -0.329 e. The van der Waals surface area contributed by atoms with E-state index < -0.39 is 24.7 Å². The monoisotopic (exact) mass is 402 g/mol. The Balaban J connectivity index is 1.91. The molecular weight excluding hydrogens is 385 g/mol. The zero-order valence-electron chi connectivity index (χ0n) is 14.4. The maximum absolute atomic E-state index is 12.0. The lowest BCUT2D eigenvalue weighted by Gasteiger charge is -2.09. The molecule has 0 saturated carbocycles. The third kappa shape index (κ3) is 6.55. The Labute approximate surface area is 156 Å². The predicted octanol–water partition coefficient (Wildman–Crippen LogP) is 2.27. The second kappa shape index (κ2) is 8.84. The van der Waals surface area contributed by atoms with Gasteiger partial charge in [-0.25, -0.2) is 4.79 Å². The Morgan fingerprint density at radius 1 is 1.22 bits per heavy atom. The maximum Gasteiger partial charge on any atom is 0.405 e. The van der Waals surface area contributed by atoms with Gasteiger partial charge in [-0.15, -0.1) is 5.10 Å². The number of carbonyl (C=O) groups is 2. The molecule has 0 unspecified atom stereocenters. The van der Waals surface area contributed by atoms with Crippen molar-refractivity contribution >= 4 is 23.7 Å². The summed E-state index contributed by atoms with van der Waals surface area (Å²) in [5.41, 5.74) is 1.83. The molecule has 12 heteroatoms. The van der Waals surface area contributed by atoms with Gasteiger partial charge in [0, 0.05) is 0 Å². The Hall–Kier alpha value is -2.63. The van der Waals surface area contributed by atoms with Gasteiger partial charge >= 0.3 is 12.2 Å². The number of nitrogens with zero attached hydrogens (tertiary/aromatic N) is 4. The van der Waals surface area contributed by atoms with Crippen molar-refractivity contribution in [3.8, 4) is 5.69 Å². The first-order valence-corrected chi connectivity index (χ1v) is 8.80. The molecule has 0 radical (unpaired) electrons. The Morgan fingerprint density at radius 3 is 2.48 bits per heavy atom. The zero-order valence-corrected chi connectivity index (χ0v) is 15.3. The molecule has 0 saturated heterocycles. The lowest BCUT2D eigenvalue weighted by Crippen LogP contribution is -2.43. The Morgan fingerprint density at radius 2 is 1.89 bits per heavy atom. The number of amides is 3. The van der Waals surface area contributed by atoms with E-state index >= 15 is 0 Å². The lowest BCUT2D eigenvalue weighted by molar-refractivity contribution is -0.124. The molecule has 0 aliphatic carbocycles. The van der Waals surface area contributed by atoms with Crippen LogP contribution < -0.4 is 10.6 Å². The number of urea groups is 1. The predicted molar refractivity (Wildman–Crippen MR) is 91.6 cm³/mol. The second-order valence-electron chi connectivity index (χ2n) is 5.75. The van der Waals surface area contributed by atoms with Crippen LogP contribution in [0.4, 0.5) is 18.0 Å². The number of carbonyl (C=O) groups excluding carboxylic acids is 2. The molecule has 8 nitrogen and oxygen atoms in total. The van der Waals surface area contributed by atoms with Gasteiger partial charge in [-0.3, -0.25) is 10.1 Å². The molecule has 0 aliphatic heterocycles. The summed E-state index contributed by atoms with van der Waals surface area (Å²) in [6, 6.07) is 6.32. The highest BCUT2D eigenvalue weighted by molar-refractivity contribution is 7.99. The minimum atomic E-state index is -4.55. The summed E-state index contributed by atoms with van der Waals surface area (Å²) >= 11 is 0.945. The van der Waals surface area contributed by atoms with Crippen molar-refractivity contribution < 1.29 is 22.8 Å². The molecule has 27 heavy (non-hydrogen) atoms. The first kappa shape index (κ1) is 20.7. The van der Waals surface area contributed by atoms with Gasteiger partial charge in [0.15, 0.2) is 0 Å². The van der Waals surface area contributed by atoms with Crippen molar-refractivity contribution in [2.45, 2.75) is 31.1 Å². The molecule has 2 aromatic rings. The van der Waals surface area contributed by atoms with E-state index in [1.165, 1.54) is 4.68 Å². The van der Waals surface area contributed by atoms with Crippen LogP contribution in [0.25, 0.3) is 5.69 Å². The smallest absolute Gasteiger partial charge is 0.329 e. The standard InChI is InChI=1S/C15H17F3N6O2S/c1-9(2)10-3-5-11(6-4-10)24-14(21-22-23-24)27-7-12(25)20-13(26)19-8-15(16,17)18/h3-6,9H,7-8H2,1-2H3,(H2,19,20,25,26). The Kier molecular flexibility index (Phi) is 6.77. The van der Waals surface area contributed by atoms with Gasteiger partial charge in [-0.05, 0) is 34.0 Å². The number of benzene rings is 1. The fourth-order valence-corrected chi connectivity index (χ4v) is 2.64. The minimum absolute atomic E-state index is 0.246. The van der Waals surface area contributed by atoms with Gasteiger partial charge in [0.2, 0.25) is 11.1 Å². The maximum atomic E-state index is 12.0. The topological polar surface area (TPSA) is 102 Å². The average Bonchev–Trinajstić information content (AvgIpc) is 3.06. The molecule has 0 bridgehead atoms. The van der Waals surface area contributed by atoms with Crippen LogP contribution in [0.2, 0.25) is 0 Å². The van der Waals surface area contributed by atoms with Crippen LogP contribution >= 0.6 is 11.8 Å². The van der Waals surface area contributed by atoms with Crippen LogP contribution in [0.15, 0.2) is 29.4 Å². The van der Waals surface area contributed by atoms with E-state index in [0.717, 1.165) is 17.3 Å². The number of rotatable bonds is 6. The van der Waals surface area contributed by atoms with Crippen molar-refractivity contribution in [2.24, 2.45) is 0 Å². The third-order valence-corrected chi connectivity index (χ3v) is 4.20. The summed E-state index contributed by atoms with van der Waals surface area (Å²) in [5.74, 6) is -0.650. The van der Waals surface area contributed by atoms with Crippen LogP contribution in [0.5, 0.6) is 0 Å². The molecule has 1 heterocycles. The molecule has 0 fully saturated rings. The molecule has 0 spiro atoms. The summed E-state index contributed by atoms with van der Waals surface area (Å²) in [6.07, 6.45) is -4.55. The highest BCUT2D eigenvalue weighted by Crippen LogP contribution is 2.20. The van der Waals surface area contributed by atoms with E-state index in [1.807, 2.05) is 24.3 Å². The normalized spacial score (nSPS) is 11.5. The highest BCUT2D eigenvalue weighted by Gasteiger charge is 2.28.